The van der Waals surface area contributed by atoms with Gasteiger partial charge in [-0.3, -0.25) is 4.99 Å². The van der Waals surface area contributed by atoms with Crippen molar-refractivity contribution in [2.75, 3.05) is 19.0 Å². The number of thioether (sulfide) groups is 1. The highest BCUT2D eigenvalue weighted by molar-refractivity contribution is 8.14. The first-order valence-electron chi connectivity index (χ1n) is 5.78. The van der Waals surface area contributed by atoms with E-state index in [1.807, 2.05) is 11.8 Å². The average molecular weight is 228 g/mol. The van der Waals surface area contributed by atoms with Crippen LogP contribution in [0.25, 0.3) is 0 Å². The maximum atomic E-state index is 5.52. The van der Waals surface area contributed by atoms with Gasteiger partial charge in [0.15, 0.2) is 5.17 Å². The third kappa shape index (κ3) is 2.88. The number of hydrogen-bond donors (Lipinski definition) is 1. The Balaban J connectivity index is 1.90. The normalized spacial score (nSPS) is 36.4. The van der Waals surface area contributed by atoms with Crippen LogP contribution in [0.5, 0.6) is 0 Å². The SMILES string of the molecule is CCC1CSC(NC2(C)CCCOC2)=N1. The van der Waals surface area contributed by atoms with Crippen LogP contribution in [0.1, 0.15) is 33.1 Å². The first kappa shape index (κ1) is 11.3. The molecule has 3 nitrogen and oxygen atoms in total. The molecule has 86 valence electrons. The van der Waals surface area contributed by atoms with Crippen molar-refractivity contribution in [3.63, 3.8) is 0 Å². The van der Waals surface area contributed by atoms with Crippen LogP contribution < -0.4 is 5.32 Å². The molecule has 2 unspecified atom stereocenters. The summed E-state index contributed by atoms with van der Waals surface area (Å²) in [5.74, 6) is 1.13. The van der Waals surface area contributed by atoms with Crippen LogP contribution in [0.15, 0.2) is 4.99 Å². The molecule has 0 saturated carbocycles. The van der Waals surface area contributed by atoms with Gasteiger partial charge in [-0.05, 0) is 26.2 Å². The lowest BCUT2D eigenvalue weighted by Gasteiger charge is -2.34. The molecule has 2 aliphatic rings. The Morgan fingerprint density at radius 1 is 1.67 bits per heavy atom. The lowest BCUT2D eigenvalue weighted by atomic mass is 9.95. The summed E-state index contributed by atoms with van der Waals surface area (Å²) in [4.78, 5) is 4.66. The van der Waals surface area contributed by atoms with Crippen molar-refractivity contribution in [3.05, 3.63) is 0 Å². The molecule has 0 radical (unpaired) electrons. The van der Waals surface area contributed by atoms with E-state index in [1.165, 1.54) is 6.42 Å². The molecule has 0 aromatic rings. The van der Waals surface area contributed by atoms with Crippen molar-refractivity contribution < 1.29 is 4.74 Å². The first-order valence-corrected chi connectivity index (χ1v) is 6.77. The summed E-state index contributed by atoms with van der Waals surface area (Å²) in [6.07, 6.45) is 3.48. The van der Waals surface area contributed by atoms with Crippen LogP contribution in [0.4, 0.5) is 0 Å². The van der Waals surface area contributed by atoms with E-state index in [0.29, 0.717) is 6.04 Å². The molecule has 15 heavy (non-hydrogen) atoms. The zero-order valence-electron chi connectivity index (χ0n) is 9.58. The van der Waals surface area contributed by atoms with E-state index in [2.05, 4.69) is 24.2 Å². The van der Waals surface area contributed by atoms with Crippen LogP contribution in [-0.2, 0) is 4.74 Å². The van der Waals surface area contributed by atoms with Crippen LogP contribution in [0, 0.1) is 0 Å². The zero-order valence-corrected chi connectivity index (χ0v) is 10.4. The van der Waals surface area contributed by atoms with Gasteiger partial charge in [0.25, 0.3) is 0 Å². The van der Waals surface area contributed by atoms with Gasteiger partial charge in [0.2, 0.25) is 0 Å². The predicted octanol–water partition coefficient (Wildman–Crippen LogP) is 2.03. The molecule has 2 atom stereocenters. The van der Waals surface area contributed by atoms with Gasteiger partial charge in [-0.25, -0.2) is 0 Å². The second-order valence-electron chi connectivity index (χ2n) is 4.65. The quantitative estimate of drug-likeness (QED) is 0.785. The lowest BCUT2D eigenvalue weighted by molar-refractivity contribution is 0.0375. The number of rotatable bonds is 2. The standard InChI is InChI=1S/C11H20N2OS/c1-3-9-7-15-10(12-9)13-11(2)5-4-6-14-8-11/h9H,3-8H2,1-2H3,(H,12,13). The summed E-state index contributed by atoms with van der Waals surface area (Å²) in [5.41, 5.74) is 0.104. The Hall–Kier alpha value is -0.220. The molecule has 1 fully saturated rings. The van der Waals surface area contributed by atoms with E-state index in [9.17, 15) is 0 Å². The Bertz CT molecular complexity index is 249. The van der Waals surface area contributed by atoms with Crippen LogP contribution in [-0.4, -0.2) is 35.7 Å². The Morgan fingerprint density at radius 3 is 3.13 bits per heavy atom. The highest BCUT2D eigenvalue weighted by atomic mass is 32.2. The molecule has 0 aromatic heterocycles. The number of hydrogen-bond acceptors (Lipinski definition) is 4. The minimum atomic E-state index is 0.104. The van der Waals surface area contributed by atoms with Crippen LogP contribution >= 0.6 is 11.8 Å². The molecule has 2 heterocycles. The fourth-order valence-electron chi connectivity index (χ4n) is 1.98. The van der Waals surface area contributed by atoms with E-state index < -0.39 is 0 Å². The Morgan fingerprint density at radius 2 is 2.53 bits per heavy atom. The molecule has 4 heteroatoms. The lowest BCUT2D eigenvalue weighted by Crippen LogP contribution is -2.50. The van der Waals surface area contributed by atoms with E-state index in [-0.39, 0.29) is 5.54 Å². The van der Waals surface area contributed by atoms with E-state index in [1.54, 1.807) is 0 Å². The minimum Gasteiger partial charge on any atom is -0.379 e. The summed E-state index contributed by atoms with van der Waals surface area (Å²) in [5, 5.41) is 4.67. The molecule has 0 bridgehead atoms. The fourth-order valence-corrected chi connectivity index (χ4v) is 3.19. The van der Waals surface area contributed by atoms with Crippen molar-refractivity contribution in [1.29, 1.82) is 0 Å². The van der Waals surface area contributed by atoms with Crippen molar-refractivity contribution in [2.24, 2.45) is 4.99 Å². The minimum absolute atomic E-state index is 0.104. The second kappa shape index (κ2) is 4.74. The number of ether oxygens (including phenoxy) is 1. The number of amidine groups is 1. The maximum absolute atomic E-state index is 5.52. The zero-order chi connectivity index (χ0) is 10.7. The van der Waals surface area contributed by atoms with Gasteiger partial charge in [0, 0.05) is 12.4 Å². The maximum Gasteiger partial charge on any atom is 0.157 e. The number of aliphatic imine (C=N–C) groups is 1. The van der Waals surface area contributed by atoms with E-state index in [0.717, 1.165) is 37.0 Å². The summed E-state index contributed by atoms with van der Waals surface area (Å²) in [6, 6.07) is 0.519. The predicted molar refractivity (Wildman–Crippen MR) is 65.6 cm³/mol. The van der Waals surface area contributed by atoms with Gasteiger partial charge < -0.3 is 10.1 Å². The van der Waals surface area contributed by atoms with Gasteiger partial charge in [-0.2, -0.15) is 0 Å². The van der Waals surface area contributed by atoms with Crippen molar-refractivity contribution in [1.82, 2.24) is 5.32 Å². The molecule has 0 aromatic carbocycles. The second-order valence-corrected chi connectivity index (χ2v) is 5.66. The smallest absolute Gasteiger partial charge is 0.157 e. The highest BCUT2D eigenvalue weighted by Crippen LogP contribution is 2.24. The molecule has 1 saturated heterocycles. The molecular weight excluding hydrogens is 208 g/mol. The van der Waals surface area contributed by atoms with Crippen molar-refractivity contribution in [2.45, 2.75) is 44.7 Å². The molecule has 0 spiro atoms. The number of nitrogens with zero attached hydrogens (tertiary/aromatic N) is 1. The largest absolute Gasteiger partial charge is 0.379 e. The van der Waals surface area contributed by atoms with Gasteiger partial charge >= 0.3 is 0 Å². The molecule has 2 aliphatic heterocycles. The fraction of sp³-hybridized carbons (Fsp3) is 0.909. The monoisotopic (exact) mass is 228 g/mol. The van der Waals surface area contributed by atoms with Crippen LogP contribution in [0.2, 0.25) is 0 Å². The third-order valence-corrected chi connectivity index (χ3v) is 4.06. The van der Waals surface area contributed by atoms with E-state index in [4.69, 9.17) is 4.74 Å². The third-order valence-electron chi connectivity index (χ3n) is 3.03. The molecule has 0 aliphatic carbocycles. The summed E-state index contributed by atoms with van der Waals surface area (Å²) < 4.78 is 5.52. The van der Waals surface area contributed by atoms with Gasteiger partial charge in [0.1, 0.15) is 0 Å². The van der Waals surface area contributed by atoms with Gasteiger partial charge in [-0.15, -0.1) is 0 Å². The highest BCUT2D eigenvalue weighted by Gasteiger charge is 2.30. The topological polar surface area (TPSA) is 33.6 Å². The molecule has 0 amide bonds. The first-order chi connectivity index (χ1) is 7.22. The average Bonchev–Trinajstić information content (AvgIpc) is 2.66. The summed E-state index contributed by atoms with van der Waals surface area (Å²) in [6.45, 7) is 6.15. The Labute approximate surface area is 96.1 Å². The van der Waals surface area contributed by atoms with Crippen molar-refractivity contribution in [3.8, 4) is 0 Å². The van der Waals surface area contributed by atoms with Gasteiger partial charge in [0.05, 0.1) is 18.2 Å². The van der Waals surface area contributed by atoms with E-state index >= 15 is 0 Å². The summed E-state index contributed by atoms with van der Waals surface area (Å²) >= 11 is 1.85. The van der Waals surface area contributed by atoms with Crippen LogP contribution in [0.3, 0.4) is 0 Å². The van der Waals surface area contributed by atoms with Gasteiger partial charge in [-0.1, -0.05) is 18.7 Å². The van der Waals surface area contributed by atoms with Crippen molar-refractivity contribution >= 4 is 16.9 Å². The molecular formula is C11H20N2OS. The number of nitrogens with one attached hydrogen (secondary N) is 1. The molecule has 2 rings (SSSR count). The molecule has 1 N–H and O–H groups in total. The Kier molecular flexibility index (Phi) is 3.57. The summed E-state index contributed by atoms with van der Waals surface area (Å²) in [7, 11) is 0.